The summed E-state index contributed by atoms with van der Waals surface area (Å²) in [6, 6.07) is 9.35. The lowest BCUT2D eigenvalue weighted by atomic mass is 10.1. The molecule has 108 valence electrons. The summed E-state index contributed by atoms with van der Waals surface area (Å²) in [4.78, 5) is 23.0. The van der Waals surface area contributed by atoms with Crippen LogP contribution in [0.15, 0.2) is 43.0 Å². The van der Waals surface area contributed by atoms with Crippen molar-refractivity contribution < 1.29 is 19.1 Å². The monoisotopic (exact) mass is 277 g/mol. The zero-order valence-electron chi connectivity index (χ0n) is 11.5. The smallest absolute Gasteiger partial charge is 0.407 e. The number of rotatable bonds is 7. The first-order valence-corrected chi connectivity index (χ1v) is 6.30. The number of nitrogens with one attached hydrogen (secondary N) is 1. The number of hydrogen-bond acceptors (Lipinski definition) is 4. The highest BCUT2D eigenvalue weighted by molar-refractivity contribution is 5.74. The second kappa shape index (κ2) is 8.74. The molecule has 0 aromatic heterocycles. The molecule has 1 atom stereocenters. The highest BCUT2D eigenvalue weighted by atomic mass is 16.5. The van der Waals surface area contributed by atoms with E-state index >= 15 is 0 Å². The van der Waals surface area contributed by atoms with Gasteiger partial charge in [-0.15, -0.1) is 6.58 Å². The van der Waals surface area contributed by atoms with E-state index in [1.807, 2.05) is 30.3 Å². The van der Waals surface area contributed by atoms with Crippen molar-refractivity contribution in [2.24, 2.45) is 5.92 Å². The summed E-state index contributed by atoms with van der Waals surface area (Å²) < 4.78 is 9.69. The molecule has 0 aliphatic carbocycles. The van der Waals surface area contributed by atoms with E-state index in [9.17, 15) is 9.59 Å². The van der Waals surface area contributed by atoms with Gasteiger partial charge in [-0.05, 0) is 12.0 Å². The minimum absolute atomic E-state index is 0.159. The highest BCUT2D eigenvalue weighted by Crippen LogP contribution is 2.05. The predicted octanol–water partition coefficient (Wildman–Crippen LogP) is 2.28. The van der Waals surface area contributed by atoms with Crippen LogP contribution >= 0.6 is 0 Å². The van der Waals surface area contributed by atoms with E-state index in [1.165, 1.54) is 7.11 Å². The molecule has 0 saturated heterocycles. The molecular formula is C15H19NO4. The third-order valence-corrected chi connectivity index (χ3v) is 2.69. The third kappa shape index (κ3) is 5.56. The van der Waals surface area contributed by atoms with Crippen molar-refractivity contribution in [3.8, 4) is 0 Å². The topological polar surface area (TPSA) is 64.6 Å². The first-order chi connectivity index (χ1) is 9.67. The quantitative estimate of drug-likeness (QED) is 0.613. The van der Waals surface area contributed by atoms with Crippen LogP contribution in [0.3, 0.4) is 0 Å². The van der Waals surface area contributed by atoms with Crippen molar-refractivity contribution in [2.45, 2.75) is 13.0 Å². The van der Waals surface area contributed by atoms with E-state index in [4.69, 9.17) is 4.74 Å². The SMILES string of the molecule is C=CCC(CNC(=O)OCc1ccccc1)C(=O)OC. The Morgan fingerprint density at radius 1 is 1.35 bits per heavy atom. The van der Waals surface area contributed by atoms with Gasteiger partial charge >= 0.3 is 12.1 Å². The second-order valence-corrected chi connectivity index (χ2v) is 4.19. The first kappa shape index (κ1) is 15.8. The fourth-order valence-electron chi connectivity index (χ4n) is 1.61. The van der Waals surface area contributed by atoms with Crippen molar-refractivity contribution in [3.63, 3.8) is 0 Å². The van der Waals surface area contributed by atoms with E-state index < -0.39 is 12.0 Å². The van der Waals surface area contributed by atoms with Crippen molar-refractivity contribution in [1.82, 2.24) is 5.32 Å². The van der Waals surface area contributed by atoms with Crippen LogP contribution in [-0.2, 0) is 20.9 Å². The Bertz CT molecular complexity index is 444. The molecule has 5 nitrogen and oxygen atoms in total. The van der Waals surface area contributed by atoms with Gasteiger partial charge in [0, 0.05) is 6.54 Å². The van der Waals surface area contributed by atoms with Gasteiger partial charge in [-0.2, -0.15) is 0 Å². The summed E-state index contributed by atoms with van der Waals surface area (Å²) in [5, 5.41) is 2.54. The van der Waals surface area contributed by atoms with Crippen LogP contribution in [0.25, 0.3) is 0 Å². The highest BCUT2D eigenvalue weighted by Gasteiger charge is 2.18. The number of allylic oxidation sites excluding steroid dienone is 1. The average molecular weight is 277 g/mol. The summed E-state index contributed by atoms with van der Waals surface area (Å²) in [5.74, 6) is -0.824. The largest absolute Gasteiger partial charge is 0.469 e. The molecule has 0 aliphatic rings. The molecule has 1 aromatic rings. The Labute approximate surface area is 118 Å². The molecule has 5 heteroatoms. The maximum absolute atomic E-state index is 11.5. The summed E-state index contributed by atoms with van der Waals surface area (Å²) >= 11 is 0. The zero-order chi connectivity index (χ0) is 14.8. The maximum Gasteiger partial charge on any atom is 0.407 e. The number of esters is 1. The molecule has 0 radical (unpaired) electrons. The maximum atomic E-state index is 11.5. The number of alkyl carbamates (subject to hydrolysis) is 1. The van der Waals surface area contributed by atoms with E-state index in [2.05, 4.69) is 16.6 Å². The van der Waals surface area contributed by atoms with Crippen LogP contribution in [0.5, 0.6) is 0 Å². The Balaban J connectivity index is 2.34. The Hall–Kier alpha value is -2.30. The van der Waals surface area contributed by atoms with Crippen molar-refractivity contribution in [3.05, 3.63) is 48.6 Å². The number of hydrogen-bond donors (Lipinski definition) is 1. The minimum Gasteiger partial charge on any atom is -0.469 e. The van der Waals surface area contributed by atoms with Gasteiger partial charge in [0.15, 0.2) is 0 Å². The second-order valence-electron chi connectivity index (χ2n) is 4.19. The van der Waals surface area contributed by atoms with E-state index in [1.54, 1.807) is 6.08 Å². The molecule has 20 heavy (non-hydrogen) atoms. The van der Waals surface area contributed by atoms with Crippen LogP contribution in [0.2, 0.25) is 0 Å². The third-order valence-electron chi connectivity index (χ3n) is 2.69. The molecule has 0 saturated carbocycles. The molecule has 1 unspecified atom stereocenters. The van der Waals surface area contributed by atoms with E-state index in [-0.39, 0.29) is 19.1 Å². The van der Waals surface area contributed by atoms with Crippen LogP contribution in [0.1, 0.15) is 12.0 Å². The van der Waals surface area contributed by atoms with Crippen LogP contribution in [0.4, 0.5) is 4.79 Å². The molecular weight excluding hydrogens is 258 g/mol. The molecule has 0 fully saturated rings. The first-order valence-electron chi connectivity index (χ1n) is 6.30. The molecule has 1 aromatic carbocycles. The van der Waals surface area contributed by atoms with E-state index in [0.29, 0.717) is 6.42 Å². The summed E-state index contributed by atoms with van der Waals surface area (Å²) in [6.07, 6.45) is 1.48. The molecule has 1 N–H and O–H groups in total. The summed E-state index contributed by atoms with van der Waals surface area (Å²) in [6.45, 7) is 3.92. The normalized spacial score (nSPS) is 11.2. The lowest BCUT2D eigenvalue weighted by Crippen LogP contribution is -2.33. The fourth-order valence-corrected chi connectivity index (χ4v) is 1.61. The lowest BCUT2D eigenvalue weighted by molar-refractivity contribution is -0.145. The Kier molecular flexibility index (Phi) is 6.89. The predicted molar refractivity (Wildman–Crippen MR) is 74.9 cm³/mol. The Morgan fingerprint density at radius 3 is 2.65 bits per heavy atom. The molecule has 1 amide bonds. The molecule has 0 heterocycles. The lowest BCUT2D eigenvalue weighted by Gasteiger charge is -2.13. The minimum atomic E-state index is -0.563. The molecule has 0 bridgehead atoms. The number of amides is 1. The van der Waals surface area contributed by atoms with Crippen molar-refractivity contribution in [2.75, 3.05) is 13.7 Å². The van der Waals surface area contributed by atoms with Gasteiger partial charge < -0.3 is 14.8 Å². The number of carbonyl (C=O) groups excluding carboxylic acids is 2. The van der Waals surface area contributed by atoms with Gasteiger partial charge in [-0.3, -0.25) is 4.79 Å². The van der Waals surface area contributed by atoms with Gasteiger partial charge in [0.25, 0.3) is 0 Å². The van der Waals surface area contributed by atoms with Gasteiger partial charge in [-0.25, -0.2) is 4.79 Å². The van der Waals surface area contributed by atoms with Gasteiger partial charge in [0.2, 0.25) is 0 Å². The number of carbonyl (C=O) groups is 2. The van der Waals surface area contributed by atoms with Crippen LogP contribution < -0.4 is 5.32 Å². The molecule has 0 spiro atoms. The number of ether oxygens (including phenoxy) is 2. The van der Waals surface area contributed by atoms with E-state index in [0.717, 1.165) is 5.56 Å². The zero-order valence-corrected chi connectivity index (χ0v) is 11.5. The van der Waals surface area contributed by atoms with Gasteiger partial charge in [0.1, 0.15) is 6.61 Å². The van der Waals surface area contributed by atoms with Crippen LogP contribution in [-0.4, -0.2) is 25.7 Å². The van der Waals surface area contributed by atoms with Crippen molar-refractivity contribution in [1.29, 1.82) is 0 Å². The summed E-state index contributed by atoms with van der Waals surface area (Å²) in [7, 11) is 1.31. The fraction of sp³-hybridized carbons (Fsp3) is 0.333. The van der Waals surface area contributed by atoms with Gasteiger partial charge in [0.05, 0.1) is 13.0 Å². The molecule has 1 rings (SSSR count). The Morgan fingerprint density at radius 2 is 2.05 bits per heavy atom. The number of methoxy groups -OCH3 is 1. The standard InChI is InChI=1S/C15H19NO4/c1-3-7-13(14(17)19-2)10-16-15(18)20-11-12-8-5-4-6-9-12/h3-6,8-9,13H,1,7,10-11H2,2H3,(H,16,18). The van der Waals surface area contributed by atoms with Gasteiger partial charge in [-0.1, -0.05) is 36.4 Å². The van der Waals surface area contributed by atoms with Crippen LogP contribution in [0, 0.1) is 5.92 Å². The van der Waals surface area contributed by atoms with Crippen molar-refractivity contribution >= 4 is 12.1 Å². The summed E-state index contributed by atoms with van der Waals surface area (Å²) in [5.41, 5.74) is 0.901. The molecule has 0 aliphatic heterocycles. The average Bonchev–Trinajstić information content (AvgIpc) is 2.49. The number of benzene rings is 1.